The molecule has 0 aliphatic carbocycles. The lowest BCUT2D eigenvalue weighted by Crippen LogP contribution is -2.32. The highest BCUT2D eigenvalue weighted by Gasteiger charge is 2.12. The Balaban J connectivity index is 1.92. The molecule has 0 saturated carbocycles. The van der Waals surface area contributed by atoms with Crippen molar-refractivity contribution in [3.8, 4) is 11.5 Å². The number of aromatic hydroxyl groups is 1. The van der Waals surface area contributed by atoms with Crippen LogP contribution in [0, 0.1) is 0 Å². The molecule has 2 aromatic rings. The van der Waals surface area contributed by atoms with Crippen LogP contribution in [-0.4, -0.2) is 30.2 Å². The van der Waals surface area contributed by atoms with Gasteiger partial charge in [-0.2, -0.15) is 5.10 Å². The van der Waals surface area contributed by atoms with Crippen LogP contribution in [0.25, 0.3) is 0 Å². The number of anilines is 1. The number of phenolic OH excluding ortho intramolecular Hbond substituents is 1. The maximum Gasteiger partial charge on any atom is 0.329 e. The normalized spacial score (nSPS) is 10.4. The zero-order valence-electron chi connectivity index (χ0n) is 12.6. The minimum Gasteiger partial charge on any atom is -0.507 e. The quantitative estimate of drug-likeness (QED) is 0.422. The third-order valence-electron chi connectivity index (χ3n) is 2.91. The lowest BCUT2D eigenvalue weighted by molar-refractivity contribution is -0.136. The summed E-state index contributed by atoms with van der Waals surface area (Å²) in [5, 5.41) is 15.7. The Bertz CT molecular complexity index is 775. The number of halogens is 1. The highest BCUT2D eigenvalue weighted by atomic mass is 79.9. The molecule has 8 heteroatoms. The summed E-state index contributed by atoms with van der Waals surface area (Å²) in [4.78, 5) is 23.4. The fourth-order valence-electron chi connectivity index (χ4n) is 1.70. The number of hydrazone groups is 1. The molecule has 0 atom stereocenters. The monoisotopic (exact) mass is 391 g/mol. The van der Waals surface area contributed by atoms with Crippen molar-refractivity contribution in [2.75, 3.05) is 12.4 Å². The molecule has 3 N–H and O–H groups in total. The van der Waals surface area contributed by atoms with Crippen LogP contribution in [0.4, 0.5) is 5.69 Å². The number of benzene rings is 2. The number of nitrogens with one attached hydrogen (secondary N) is 2. The van der Waals surface area contributed by atoms with Gasteiger partial charge in [-0.25, -0.2) is 5.43 Å². The van der Waals surface area contributed by atoms with Crippen molar-refractivity contribution in [3.05, 3.63) is 52.5 Å². The van der Waals surface area contributed by atoms with E-state index in [4.69, 9.17) is 4.74 Å². The van der Waals surface area contributed by atoms with Gasteiger partial charge >= 0.3 is 11.8 Å². The first-order valence-corrected chi connectivity index (χ1v) is 7.56. The van der Waals surface area contributed by atoms with Crippen molar-refractivity contribution in [3.63, 3.8) is 0 Å². The zero-order chi connectivity index (χ0) is 17.5. The summed E-state index contributed by atoms with van der Waals surface area (Å²) in [5.74, 6) is -1.16. The van der Waals surface area contributed by atoms with Gasteiger partial charge in [0.05, 0.1) is 13.3 Å². The molecule has 2 aromatic carbocycles. The minimum absolute atomic E-state index is 0.00103. The smallest absolute Gasteiger partial charge is 0.329 e. The van der Waals surface area contributed by atoms with Crippen LogP contribution in [0.1, 0.15) is 5.56 Å². The molecular formula is C16H14BrN3O4. The Morgan fingerprint density at radius 1 is 1.17 bits per heavy atom. The highest BCUT2D eigenvalue weighted by molar-refractivity contribution is 9.10. The lowest BCUT2D eigenvalue weighted by Gasteiger charge is -2.05. The number of rotatable bonds is 4. The van der Waals surface area contributed by atoms with E-state index in [9.17, 15) is 14.7 Å². The number of hydrogen-bond acceptors (Lipinski definition) is 5. The Hall–Kier alpha value is -2.87. The number of phenols is 1. The molecule has 0 unspecified atom stereocenters. The van der Waals surface area contributed by atoms with E-state index in [1.54, 1.807) is 36.4 Å². The zero-order valence-corrected chi connectivity index (χ0v) is 14.2. The predicted molar refractivity (Wildman–Crippen MR) is 93.2 cm³/mol. The topological polar surface area (TPSA) is 100 Å². The van der Waals surface area contributed by atoms with Crippen LogP contribution >= 0.6 is 15.9 Å². The average molecular weight is 392 g/mol. The van der Waals surface area contributed by atoms with Crippen molar-refractivity contribution in [1.29, 1.82) is 0 Å². The van der Waals surface area contributed by atoms with E-state index in [-0.39, 0.29) is 5.75 Å². The van der Waals surface area contributed by atoms with E-state index in [2.05, 4.69) is 31.8 Å². The van der Waals surface area contributed by atoms with Gasteiger partial charge in [0.2, 0.25) is 0 Å². The summed E-state index contributed by atoms with van der Waals surface area (Å²) in [6, 6.07) is 11.3. The van der Waals surface area contributed by atoms with E-state index < -0.39 is 11.8 Å². The van der Waals surface area contributed by atoms with Crippen LogP contribution in [0.15, 0.2) is 52.0 Å². The number of nitrogens with zero attached hydrogens (tertiary/aromatic N) is 1. The maximum absolute atomic E-state index is 11.7. The summed E-state index contributed by atoms with van der Waals surface area (Å²) in [6.45, 7) is 0. The third-order valence-corrected chi connectivity index (χ3v) is 3.41. The first-order valence-electron chi connectivity index (χ1n) is 6.76. The summed E-state index contributed by atoms with van der Waals surface area (Å²) in [7, 11) is 1.53. The van der Waals surface area contributed by atoms with Gasteiger partial charge in [0.25, 0.3) is 0 Å². The molecule has 0 spiro atoms. The van der Waals surface area contributed by atoms with E-state index in [0.717, 1.165) is 4.47 Å². The standard InChI is InChI=1S/C16H14BrN3O4/c1-24-13-5-3-12(4-6-13)19-15(22)16(23)20-18-9-10-8-11(17)2-7-14(10)21/h2-9,21H,1H3,(H,19,22)(H,20,23). The number of carbonyl (C=O) groups is 2. The largest absolute Gasteiger partial charge is 0.507 e. The second-order valence-corrected chi connectivity index (χ2v) is 5.50. The van der Waals surface area contributed by atoms with E-state index >= 15 is 0 Å². The number of methoxy groups -OCH3 is 1. The molecule has 7 nitrogen and oxygen atoms in total. The predicted octanol–water partition coefficient (Wildman–Crippen LogP) is 2.25. The van der Waals surface area contributed by atoms with E-state index in [1.807, 2.05) is 0 Å². The summed E-state index contributed by atoms with van der Waals surface area (Å²) in [5.41, 5.74) is 2.93. The van der Waals surface area contributed by atoms with Gasteiger partial charge in [-0.05, 0) is 42.5 Å². The third kappa shape index (κ3) is 4.82. The summed E-state index contributed by atoms with van der Waals surface area (Å²) in [6.07, 6.45) is 1.23. The van der Waals surface area contributed by atoms with Gasteiger partial charge in [-0.3, -0.25) is 9.59 Å². The molecule has 0 aromatic heterocycles. The van der Waals surface area contributed by atoms with Gasteiger partial charge in [0, 0.05) is 15.7 Å². The molecule has 0 aliphatic heterocycles. The van der Waals surface area contributed by atoms with Gasteiger partial charge < -0.3 is 15.2 Å². The van der Waals surface area contributed by atoms with Crippen LogP contribution < -0.4 is 15.5 Å². The van der Waals surface area contributed by atoms with E-state index in [1.165, 1.54) is 19.4 Å². The number of ether oxygens (including phenoxy) is 1. The second kappa shape index (κ2) is 8.11. The fraction of sp³-hybridized carbons (Fsp3) is 0.0625. The molecule has 124 valence electrons. The Morgan fingerprint density at radius 2 is 1.88 bits per heavy atom. The number of amides is 2. The highest BCUT2D eigenvalue weighted by Crippen LogP contribution is 2.20. The Kier molecular flexibility index (Phi) is 5.91. The molecule has 2 amide bonds. The van der Waals surface area contributed by atoms with Crippen molar-refractivity contribution in [1.82, 2.24) is 5.43 Å². The summed E-state index contributed by atoms with van der Waals surface area (Å²) < 4.78 is 5.74. The second-order valence-electron chi connectivity index (χ2n) is 4.58. The molecule has 2 rings (SSSR count). The van der Waals surface area contributed by atoms with Crippen LogP contribution in [0.3, 0.4) is 0 Å². The molecule has 0 saturated heterocycles. The van der Waals surface area contributed by atoms with Crippen LogP contribution in [-0.2, 0) is 9.59 Å². The first kappa shape index (κ1) is 17.5. The molecule has 0 aliphatic rings. The molecule has 0 heterocycles. The molecule has 0 radical (unpaired) electrons. The molecule has 0 bridgehead atoms. The number of carbonyl (C=O) groups excluding carboxylic acids is 2. The SMILES string of the molecule is COc1ccc(NC(=O)C(=O)NN=Cc2cc(Br)ccc2O)cc1. The van der Waals surface area contributed by atoms with Gasteiger partial charge in [-0.1, -0.05) is 15.9 Å². The Morgan fingerprint density at radius 3 is 2.54 bits per heavy atom. The van der Waals surface area contributed by atoms with Gasteiger partial charge in [0.15, 0.2) is 0 Å². The van der Waals surface area contributed by atoms with Gasteiger partial charge in [-0.15, -0.1) is 0 Å². The molecule has 24 heavy (non-hydrogen) atoms. The van der Waals surface area contributed by atoms with Crippen molar-refractivity contribution in [2.24, 2.45) is 5.10 Å². The minimum atomic E-state index is -0.934. The fourth-order valence-corrected chi connectivity index (χ4v) is 2.08. The van der Waals surface area contributed by atoms with Crippen LogP contribution in [0.2, 0.25) is 0 Å². The number of hydrogen-bond donors (Lipinski definition) is 3. The van der Waals surface area contributed by atoms with Gasteiger partial charge in [0.1, 0.15) is 11.5 Å². The average Bonchev–Trinajstić information content (AvgIpc) is 2.58. The molecule has 0 fully saturated rings. The van der Waals surface area contributed by atoms with Crippen molar-refractivity contribution in [2.45, 2.75) is 0 Å². The van der Waals surface area contributed by atoms with Crippen LogP contribution in [0.5, 0.6) is 11.5 Å². The van der Waals surface area contributed by atoms with Crippen molar-refractivity contribution < 1.29 is 19.4 Å². The van der Waals surface area contributed by atoms with Crippen molar-refractivity contribution >= 4 is 39.6 Å². The lowest BCUT2D eigenvalue weighted by atomic mass is 10.2. The Labute approximate surface area is 146 Å². The maximum atomic E-state index is 11.7. The summed E-state index contributed by atoms with van der Waals surface area (Å²) >= 11 is 3.25. The van der Waals surface area contributed by atoms with E-state index in [0.29, 0.717) is 17.0 Å². The molecular weight excluding hydrogens is 378 g/mol. The first-order chi connectivity index (χ1) is 11.5.